The molecular formula is C7H18NO2+. The first-order valence-electron chi connectivity index (χ1n) is 3.51. The summed E-state index contributed by atoms with van der Waals surface area (Å²) in [5.41, 5.74) is 0. The number of nitrogens with zero attached hydrogens (tertiary/aromatic N) is 1. The van der Waals surface area contributed by atoms with Crippen molar-refractivity contribution in [3.8, 4) is 0 Å². The highest BCUT2D eigenvalue weighted by Gasteiger charge is 2.21. The fourth-order valence-electron chi connectivity index (χ4n) is 0.621. The van der Waals surface area contributed by atoms with Crippen LogP contribution in [0.15, 0.2) is 0 Å². The molecule has 0 aliphatic rings. The second-order valence-electron chi connectivity index (χ2n) is 3.68. The van der Waals surface area contributed by atoms with Crippen molar-refractivity contribution in [2.24, 2.45) is 0 Å². The predicted molar refractivity (Wildman–Crippen MR) is 40.3 cm³/mol. The molecule has 3 nitrogen and oxygen atoms in total. The summed E-state index contributed by atoms with van der Waals surface area (Å²) in [4.78, 5) is 0. The number of aliphatic hydroxyl groups is 2. The zero-order valence-corrected chi connectivity index (χ0v) is 7.20. The molecule has 0 aromatic heterocycles. The van der Waals surface area contributed by atoms with Crippen molar-refractivity contribution in [1.82, 2.24) is 0 Å². The molecule has 0 aromatic rings. The Morgan fingerprint density at radius 2 is 1.60 bits per heavy atom. The largest absolute Gasteiger partial charge is 0.393 e. The van der Waals surface area contributed by atoms with Gasteiger partial charge in [0.1, 0.15) is 0 Å². The van der Waals surface area contributed by atoms with E-state index in [1.165, 1.54) is 0 Å². The van der Waals surface area contributed by atoms with Gasteiger partial charge >= 0.3 is 0 Å². The zero-order valence-electron chi connectivity index (χ0n) is 7.20. The maximum atomic E-state index is 9.37. The molecule has 0 fully saturated rings. The molecule has 0 saturated heterocycles. The standard InChI is InChI=1S/C7H18NO2/c1-6(9)5-7(10)8(2,3)4/h6-7,9-10H,5H2,1-4H3/q+1. The van der Waals surface area contributed by atoms with E-state index in [-0.39, 0.29) is 0 Å². The summed E-state index contributed by atoms with van der Waals surface area (Å²) in [5, 5.41) is 18.3. The average Bonchev–Trinajstić information content (AvgIpc) is 1.60. The summed E-state index contributed by atoms with van der Waals surface area (Å²) in [7, 11) is 5.69. The average molecular weight is 148 g/mol. The first kappa shape index (κ1) is 9.88. The molecule has 0 saturated carbocycles. The number of rotatable bonds is 3. The second-order valence-corrected chi connectivity index (χ2v) is 3.68. The van der Waals surface area contributed by atoms with E-state index in [0.29, 0.717) is 10.9 Å². The molecule has 2 N–H and O–H groups in total. The SMILES string of the molecule is CC(O)CC(O)[N+](C)(C)C. The van der Waals surface area contributed by atoms with Crippen LogP contribution < -0.4 is 0 Å². The molecule has 0 bridgehead atoms. The molecule has 0 aliphatic carbocycles. The van der Waals surface area contributed by atoms with Gasteiger partial charge < -0.3 is 14.7 Å². The van der Waals surface area contributed by atoms with Gasteiger partial charge in [-0.3, -0.25) is 0 Å². The highest BCUT2D eigenvalue weighted by Crippen LogP contribution is 2.05. The van der Waals surface area contributed by atoms with Gasteiger partial charge in [0, 0.05) is 0 Å². The molecule has 0 spiro atoms. The van der Waals surface area contributed by atoms with E-state index in [9.17, 15) is 5.11 Å². The summed E-state index contributed by atoms with van der Waals surface area (Å²) in [6, 6.07) is 0. The van der Waals surface area contributed by atoms with Crippen molar-refractivity contribution in [1.29, 1.82) is 0 Å². The van der Waals surface area contributed by atoms with Crippen LogP contribution in [0.1, 0.15) is 13.3 Å². The van der Waals surface area contributed by atoms with Crippen molar-refractivity contribution in [3.63, 3.8) is 0 Å². The molecule has 2 atom stereocenters. The van der Waals surface area contributed by atoms with Crippen molar-refractivity contribution >= 4 is 0 Å². The van der Waals surface area contributed by atoms with E-state index in [1.54, 1.807) is 6.92 Å². The van der Waals surface area contributed by atoms with E-state index in [0.717, 1.165) is 0 Å². The molecule has 0 amide bonds. The molecule has 10 heavy (non-hydrogen) atoms. The van der Waals surface area contributed by atoms with Gasteiger partial charge in [-0.15, -0.1) is 0 Å². The third-order valence-corrected chi connectivity index (χ3v) is 1.45. The number of hydrogen-bond donors (Lipinski definition) is 2. The number of hydrogen-bond acceptors (Lipinski definition) is 2. The molecule has 3 heteroatoms. The van der Waals surface area contributed by atoms with Crippen LogP contribution in [0.2, 0.25) is 0 Å². The Kier molecular flexibility index (Phi) is 3.28. The number of aliphatic hydroxyl groups excluding tert-OH is 2. The molecule has 62 valence electrons. The van der Waals surface area contributed by atoms with E-state index in [2.05, 4.69) is 0 Å². The quantitative estimate of drug-likeness (QED) is 0.429. The van der Waals surface area contributed by atoms with E-state index < -0.39 is 12.3 Å². The normalized spacial score (nSPS) is 18.6. The summed E-state index contributed by atoms with van der Waals surface area (Å²) in [6.07, 6.45) is -0.462. The Hall–Kier alpha value is -0.120. The lowest BCUT2D eigenvalue weighted by atomic mass is 10.2. The van der Waals surface area contributed by atoms with Crippen LogP contribution >= 0.6 is 0 Å². The maximum absolute atomic E-state index is 9.37. The minimum absolute atomic E-state index is 0.424. The van der Waals surface area contributed by atoms with E-state index >= 15 is 0 Å². The van der Waals surface area contributed by atoms with Gasteiger partial charge in [-0.05, 0) is 6.92 Å². The van der Waals surface area contributed by atoms with Crippen molar-refractivity contribution in [2.75, 3.05) is 21.1 Å². The van der Waals surface area contributed by atoms with Gasteiger partial charge in [-0.1, -0.05) is 0 Å². The Morgan fingerprint density at radius 1 is 1.20 bits per heavy atom. The smallest absolute Gasteiger partial charge is 0.192 e. The third-order valence-electron chi connectivity index (χ3n) is 1.45. The van der Waals surface area contributed by atoms with Crippen LogP contribution in [0.5, 0.6) is 0 Å². The Morgan fingerprint density at radius 3 is 1.70 bits per heavy atom. The highest BCUT2D eigenvalue weighted by atomic mass is 16.3. The fourth-order valence-corrected chi connectivity index (χ4v) is 0.621. The minimum Gasteiger partial charge on any atom is -0.393 e. The lowest BCUT2D eigenvalue weighted by Crippen LogP contribution is -2.46. The van der Waals surface area contributed by atoms with E-state index in [4.69, 9.17) is 5.11 Å². The van der Waals surface area contributed by atoms with Crippen LogP contribution in [-0.2, 0) is 0 Å². The lowest BCUT2D eigenvalue weighted by molar-refractivity contribution is -0.919. The Labute approximate surface area is 62.5 Å². The van der Waals surface area contributed by atoms with Gasteiger partial charge in [-0.2, -0.15) is 0 Å². The van der Waals surface area contributed by atoms with Gasteiger partial charge in [0.05, 0.1) is 33.7 Å². The lowest BCUT2D eigenvalue weighted by Gasteiger charge is -2.30. The fraction of sp³-hybridized carbons (Fsp3) is 1.00. The van der Waals surface area contributed by atoms with Gasteiger partial charge in [0.2, 0.25) is 0 Å². The monoisotopic (exact) mass is 148 g/mol. The summed E-state index contributed by atoms with van der Waals surface area (Å²) in [6.45, 7) is 1.68. The Bertz CT molecular complexity index is 96.3. The maximum Gasteiger partial charge on any atom is 0.192 e. The van der Waals surface area contributed by atoms with E-state index in [1.807, 2.05) is 21.1 Å². The van der Waals surface area contributed by atoms with Crippen LogP contribution in [0.4, 0.5) is 0 Å². The van der Waals surface area contributed by atoms with Crippen molar-refractivity contribution in [2.45, 2.75) is 25.7 Å². The molecular weight excluding hydrogens is 130 g/mol. The first-order valence-corrected chi connectivity index (χ1v) is 3.51. The third kappa shape index (κ3) is 3.82. The molecule has 0 rings (SSSR count). The molecule has 0 radical (unpaired) electrons. The van der Waals surface area contributed by atoms with Crippen LogP contribution in [-0.4, -0.2) is 48.2 Å². The topological polar surface area (TPSA) is 40.5 Å². The van der Waals surface area contributed by atoms with Gasteiger partial charge in [0.15, 0.2) is 6.23 Å². The van der Waals surface area contributed by atoms with Crippen molar-refractivity contribution in [3.05, 3.63) is 0 Å². The minimum atomic E-state index is -0.472. The van der Waals surface area contributed by atoms with Crippen molar-refractivity contribution < 1.29 is 14.7 Å². The zero-order chi connectivity index (χ0) is 8.36. The molecule has 0 aliphatic heterocycles. The molecule has 0 aromatic carbocycles. The number of quaternary nitrogens is 1. The summed E-state index contributed by atoms with van der Waals surface area (Å²) in [5.74, 6) is 0. The summed E-state index contributed by atoms with van der Waals surface area (Å²) >= 11 is 0. The van der Waals surface area contributed by atoms with Crippen LogP contribution in [0, 0.1) is 0 Å². The predicted octanol–water partition coefficient (Wildman–Crippen LogP) is -0.218. The molecule has 2 unspecified atom stereocenters. The summed E-state index contributed by atoms with van der Waals surface area (Å²) < 4.78 is 0.477. The first-order chi connectivity index (χ1) is 4.34. The van der Waals surface area contributed by atoms with Crippen LogP contribution in [0.3, 0.4) is 0 Å². The van der Waals surface area contributed by atoms with Gasteiger partial charge in [-0.25, -0.2) is 0 Å². The van der Waals surface area contributed by atoms with Crippen LogP contribution in [0.25, 0.3) is 0 Å². The second kappa shape index (κ2) is 3.32. The van der Waals surface area contributed by atoms with Gasteiger partial charge in [0.25, 0.3) is 0 Å². The highest BCUT2D eigenvalue weighted by molar-refractivity contribution is 4.48. The Balaban J connectivity index is 3.73. The molecule has 0 heterocycles.